The Morgan fingerprint density at radius 1 is 0.701 bits per heavy atom. The van der Waals surface area contributed by atoms with Gasteiger partial charge in [0.05, 0.1) is 105 Å². The zero-order chi connectivity index (χ0) is 48.0. The standard InChI is InChI=1S/C50H66FN3O13/c1-35-29-39(51)30-36(2)47(35)67-45-12-9-38(50(3,4)57)31-41(45)43-34-54(5)49(56)46-42(43)32-44(53-46)48(55)52-33-37-7-10-40(11-8-37)66-28-27-65-26-25-64-24-23-63-22-21-62-20-19-61-18-17-60-16-15-59-14-13-58-6/h7-12,29-32,34,53,57H,13-28,33H2,1-6H3,(H,52,55). The molecule has 0 bridgehead atoms. The molecule has 0 saturated carbocycles. The van der Waals surface area contributed by atoms with Gasteiger partial charge in [-0.2, -0.15) is 0 Å². The van der Waals surface area contributed by atoms with Crippen molar-refractivity contribution in [1.29, 1.82) is 0 Å². The summed E-state index contributed by atoms with van der Waals surface area (Å²) in [7, 11) is 3.26. The largest absolute Gasteiger partial charge is 0.491 e. The van der Waals surface area contributed by atoms with E-state index in [1.165, 1.54) is 16.7 Å². The van der Waals surface area contributed by atoms with Crippen LogP contribution in [-0.2, 0) is 57.1 Å². The number of aryl methyl sites for hydroxylation is 3. The number of carbonyl (C=O) groups is 1. The van der Waals surface area contributed by atoms with Gasteiger partial charge in [0, 0.05) is 43.4 Å². The first-order valence-electron chi connectivity index (χ1n) is 22.4. The summed E-state index contributed by atoms with van der Waals surface area (Å²) in [5.41, 5.74) is 2.73. The molecule has 0 spiro atoms. The predicted molar refractivity (Wildman–Crippen MR) is 251 cm³/mol. The Morgan fingerprint density at radius 3 is 1.72 bits per heavy atom. The number of H-pyrrole nitrogens is 1. The minimum absolute atomic E-state index is 0.194. The molecule has 5 rings (SSSR count). The summed E-state index contributed by atoms with van der Waals surface area (Å²) in [6.07, 6.45) is 1.67. The van der Waals surface area contributed by atoms with Crippen molar-refractivity contribution in [1.82, 2.24) is 14.9 Å². The van der Waals surface area contributed by atoms with E-state index in [0.717, 1.165) is 5.56 Å². The van der Waals surface area contributed by atoms with Gasteiger partial charge in [-0.3, -0.25) is 9.59 Å². The fourth-order valence-electron chi connectivity index (χ4n) is 6.81. The van der Waals surface area contributed by atoms with Crippen LogP contribution >= 0.6 is 0 Å². The van der Waals surface area contributed by atoms with E-state index in [0.29, 0.717) is 156 Å². The van der Waals surface area contributed by atoms with Crippen molar-refractivity contribution in [3.63, 3.8) is 0 Å². The van der Waals surface area contributed by atoms with Gasteiger partial charge in [-0.1, -0.05) is 18.2 Å². The van der Waals surface area contributed by atoms with Crippen LogP contribution in [-0.4, -0.2) is 133 Å². The van der Waals surface area contributed by atoms with Crippen LogP contribution in [0.4, 0.5) is 4.39 Å². The highest BCUT2D eigenvalue weighted by Crippen LogP contribution is 2.41. The molecule has 0 aliphatic carbocycles. The monoisotopic (exact) mass is 935 g/mol. The second-order valence-corrected chi connectivity index (χ2v) is 16.1. The molecule has 67 heavy (non-hydrogen) atoms. The molecular weight excluding hydrogens is 870 g/mol. The number of fused-ring (bicyclic) bond motifs is 1. The zero-order valence-corrected chi connectivity index (χ0v) is 39.5. The minimum Gasteiger partial charge on any atom is -0.491 e. The van der Waals surface area contributed by atoms with Gasteiger partial charge in [-0.25, -0.2) is 4.39 Å². The van der Waals surface area contributed by atoms with Crippen LogP contribution in [0.5, 0.6) is 17.2 Å². The Labute approximate surface area is 391 Å². The van der Waals surface area contributed by atoms with Gasteiger partial charge in [0.25, 0.3) is 11.5 Å². The zero-order valence-electron chi connectivity index (χ0n) is 39.5. The molecule has 1 amide bonds. The molecule has 0 fully saturated rings. The average Bonchev–Trinajstić information content (AvgIpc) is 3.76. The number of aliphatic hydroxyl groups is 1. The molecule has 5 aromatic rings. The topological polar surface area (TPSA) is 179 Å². The van der Waals surface area contributed by atoms with Crippen molar-refractivity contribution in [2.75, 3.05) is 113 Å². The number of halogens is 1. The summed E-state index contributed by atoms with van der Waals surface area (Å²) in [6, 6.07) is 17.1. The number of aromatic nitrogens is 2. The molecule has 3 N–H and O–H groups in total. The third kappa shape index (κ3) is 17.1. The summed E-state index contributed by atoms with van der Waals surface area (Å²) in [5.74, 6) is 0.798. The van der Waals surface area contributed by atoms with Crippen molar-refractivity contribution in [3.05, 3.63) is 111 Å². The van der Waals surface area contributed by atoms with Gasteiger partial charge < -0.3 is 67.3 Å². The number of nitrogens with zero attached hydrogens (tertiary/aromatic N) is 1. The highest BCUT2D eigenvalue weighted by molar-refractivity contribution is 6.03. The first-order chi connectivity index (χ1) is 32.3. The van der Waals surface area contributed by atoms with Crippen molar-refractivity contribution in [2.24, 2.45) is 7.05 Å². The minimum atomic E-state index is -1.20. The quantitative estimate of drug-likeness (QED) is 0.0405. The van der Waals surface area contributed by atoms with Crippen LogP contribution in [0.15, 0.2) is 71.7 Å². The number of hydrogen-bond donors (Lipinski definition) is 3. The maximum absolute atomic E-state index is 14.2. The summed E-state index contributed by atoms with van der Waals surface area (Å²) in [5, 5.41) is 14.4. The molecule has 0 atom stereocenters. The Morgan fingerprint density at radius 2 is 1.21 bits per heavy atom. The predicted octanol–water partition coefficient (Wildman–Crippen LogP) is 6.38. The maximum atomic E-state index is 14.2. The number of amides is 1. The van der Waals surface area contributed by atoms with Crippen LogP contribution in [0.1, 0.15) is 46.6 Å². The molecule has 0 saturated heterocycles. The SMILES string of the molecule is COCCOCCOCCOCCOCCOCCOCCOCCOc1ccc(CNC(=O)c2cc3c(-c4cc(C(C)(C)O)ccc4Oc4c(C)cc(F)cc4C)cn(C)c(=O)c3[nH]2)cc1. The fourth-order valence-corrected chi connectivity index (χ4v) is 6.81. The Kier molecular flexibility index (Phi) is 21.7. The van der Waals surface area contributed by atoms with E-state index in [4.69, 9.17) is 47.4 Å². The molecule has 0 aliphatic heterocycles. The Hall–Kier alpha value is -5.21. The summed E-state index contributed by atoms with van der Waals surface area (Å²) < 4.78 is 71.1. The molecule has 17 heteroatoms. The number of rotatable bonds is 32. The average molecular weight is 936 g/mol. The molecule has 2 aromatic heterocycles. The molecule has 2 heterocycles. The lowest BCUT2D eigenvalue weighted by atomic mass is 9.93. The van der Waals surface area contributed by atoms with Crippen LogP contribution in [0.25, 0.3) is 22.0 Å². The second-order valence-electron chi connectivity index (χ2n) is 16.1. The van der Waals surface area contributed by atoms with E-state index in [2.05, 4.69) is 10.3 Å². The van der Waals surface area contributed by atoms with E-state index in [1.807, 2.05) is 24.3 Å². The number of aromatic amines is 1. The lowest BCUT2D eigenvalue weighted by Gasteiger charge is -2.22. The molecular formula is C50H66FN3O13. The molecule has 3 aromatic carbocycles. The normalized spacial score (nSPS) is 11.7. The van der Waals surface area contributed by atoms with Crippen molar-refractivity contribution >= 4 is 16.8 Å². The maximum Gasteiger partial charge on any atom is 0.274 e. The number of pyridine rings is 1. The number of benzene rings is 3. The summed E-state index contributed by atoms with van der Waals surface area (Å²) in [6.45, 7) is 14.7. The number of nitrogens with one attached hydrogen (secondary N) is 2. The van der Waals surface area contributed by atoms with Gasteiger partial charge in [0.1, 0.15) is 40.9 Å². The summed E-state index contributed by atoms with van der Waals surface area (Å²) in [4.78, 5) is 29.9. The number of ether oxygens (including phenoxy) is 10. The fraction of sp³-hybridized carbons (Fsp3) is 0.480. The van der Waals surface area contributed by atoms with Crippen molar-refractivity contribution in [3.8, 4) is 28.4 Å². The molecule has 16 nitrogen and oxygen atoms in total. The third-order valence-corrected chi connectivity index (χ3v) is 10.4. The van der Waals surface area contributed by atoms with Crippen LogP contribution < -0.4 is 20.3 Å². The van der Waals surface area contributed by atoms with E-state index >= 15 is 0 Å². The molecule has 0 aliphatic rings. The highest BCUT2D eigenvalue weighted by atomic mass is 19.1. The highest BCUT2D eigenvalue weighted by Gasteiger charge is 2.23. The van der Waals surface area contributed by atoms with E-state index in [1.54, 1.807) is 72.3 Å². The Balaban J connectivity index is 0.992. The lowest BCUT2D eigenvalue weighted by molar-refractivity contribution is -0.0227. The third-order valence-electron chi connectivity index (χ3n) is 10.4. The first kappa shape index (κ1) is 52.8. The second kappa shape index (κ2) is 27.6. The van der Waals surface area contributed by atoms with Gasteiger partial charge in [0.2, 0.25) is 0 Å². The van der Waals surface area contributed by atoms with E-state index < -0.39 is 11.5 Å². The number of carbonyl (C=O) groups excluding carboxylic acids is 1. The van der Waals surface area contributed by atoms with Crippen LogP contribution in [0.2, 0.25) is 0 Å². The van der Waals surface area contributed by atoms with Crippen LogP contribution in [0, 0.1) is 19.7 Å². The molecule has 366 valence electrons. The Bertz CT molecular complexity index is 2320. The van der Waals surface area contributed by atoms with E-state index in [-0.39, 0.29) is 29.1 Å². The van der Waals surface area contributed by atoms with Crippen molar-refractivity contribution < 1.29 is 61.7 Å². The van der Waals surface area contributed by atoms with Crippen LogP contribution in [0.3, 0.4) is 0 Å². The van der Waals surface area contributed by atoms with Gasteiger partial charge in [0.15, 0.2) is 0 Å². The molecule has 0 radical (unpaired) electrons. The van der Waals surface area contributed by atoms with Gasteiger partial charge in [-0.05, 0) is 92.4 Å². The summed E-state index contributed by atoms with van der Waals surface area (Å²) >= 11 is 0. The first-order valence-corrected chi connectivity index (χ1v) is 22.4. The number of hydrogen-bond acceptors (Lipinski definition) is 13. The van der Waals surface area contributed by atoms with Gasteiger partial charge >= 0.3 is 0 Å². The van der Waals surface area contributed by atoms with Crippen molar-refractivity contribution in [2.45, 2.75) is 39.8 Å². The van der Waals surface area contributed by atoms with Gasteiger partial charge in [-0.15, -0.1) is 0 Å². The smallest absolute Gasteiger partial charge is 0.274 e. The molecule has 0 unspecified atom stereocenters. The van der Waals surface area contributed by atoms with E-state index in [9.17, 15) is 19.1 Å². The number of methoxy groups -OCH3 is 1. The lowest BCUT2D eigenvalue weighted by Crippen LogP contribution is -2.23.